The van der Waals surface area contributed by atoms with Crippen LogP contribution in [0.2, 0.25) is 0 Å². The second-order valence-corrected chi connectivity index (χ2v) is 19.0. The maximum Gasteiger partial charge on any atom is 0.119 e. The van der Waals surface area contributed by atoms with Crippen LogP contribution >= 0.6 is 0 Å². The first-order valence-corrected chi connectivity index (χ1v) is 25.7. The number of rotatable bonds is 29. The summed E-state index contributed by atoms with van der Waals surface area (Å²) in [5.41, 5.74) is 15.5. The molecule has 0 saturated heterocycles. The van der Waals surface area contributed by atoms with Gasteiger partial charge in [-0.2, -0.15) is 0 Å². The van der Waals surface area contributed by atoms with Gasteiger partial charge in [0.2, 0.25) is 0 Å². The Bertz CT molecular complexity index is 2170. The van der Waals surface area contributed by atoms with Crippen LogP contribution in [0.1, 0.15) is 147 Å². The molecule has 6 aromatic carbocycles. The van der Waals surface area contributed by atoms with Gasteiger partial charge in [-0.05, 0) is 135 Å². The number of fused-ring (bicyclic) bond motifs is 3. The maximum absolute atomic E-state index is 8.96. The molecule has 0 unspecified atom stereocenters. The number of aliphatic hydroxyl groups excluding tert-OH is 2. The summed E-state index contributed by atoms with van der Waals surface area (Å²) >= 11 is 0. The molecule has 0 heterocycles. The lowest BCUT2D eigenvalue weighted by Gasteiger charge is -2.28. The fourth-order valence-electron chi connectivity index (χ4n) is 9.92. The predicted molar refractivity (Wildman–Crippen MR) is 279 cm³/mol. The molecule has 0 saturated carbocycles. The van der Waals surface area contributed by atoms with Crippen molar-refractivity contribution in [1.82, 2.24) is 0 Å². The van der Waals surface area contributed by atoms with E-state index in [9.17, 15) is 0 Å². The van der Waals surface area contributed by atoms with E-state index in [-0.39, 0.29) is 5.41 Å². The van der Waals surface area contributed by atoms with Crippen LogP contribution in [0.4, 0.5) is 0 Å². The summed E-state index contributed by atoms with van der Waals surface area (Å²) in [5.74, 6) is 1.85. The Kier molecular flexibility index (Phi) is 19.0. The zero-order chi connectivity index (χ0) is 45.8. The first-order chi connectivity index (χ1) is 32.5. The molecular weight excluding hydrogens is 809 g/mol. The Balaban J connectivity index is 1.01. The number of aliphatic hydroxyl groups is 2. The van der Waals surface area contributed by atoms with Gasteiger partial charge in [-0.25, -0.2) is 0 Å². The molecule has 66 heavy (non-hydrogen) atoms. The van der Waals surface area contributed by atoms with Crippen molar-refractivity contribution in [3.05, 3.63) is 145 Å². The molecule has 1 aliphatic rings. The van der Waals surface area contributed by atoms with Crippen LogP contribution in [0.15, 0.2) is 133 Å². The quantitative estimate of drug-likeness (QED) is 0.0461. The fourth-order valence-corrected chi connectivity index (χ4v) is 9.92. The number of benzene rings is 6. The van der Waals surface area contributed by atoms with Gasteiger partial charge in [0.1, 0.15) is 11.5 Å². The van der Waals surface area contributed by atoms with E-state index in [1.54, 1.807) is 0 Å². The molecule has 7 rings (SSSR count). The lowest BCUT2D eigenvalue weighted by atomic mass is 9.75. The first-order valence-electron chi connectivity index (χ1n) is 25.7. The molecule has 0 fully saturated rings. The van der Waals surface area contributed by atoms with Crippen LogP contribution in [-0.4, -0.2) is 36.6 Å². The van der Waals surface area contributed by atoms with Crippen LogP contribution in [0.5, 0.6) is 11.5 Å². The standard InChI is InChI=1S/C62H76O4/c1-3-4-5-6-11-16-41-62(2)60-46-54(52-25-21-48(22-26-52)50-29-35-56(36-30-50)65-44-19-14-9-7-12-17-42-63)33-39-58(60)59-40-34-55(47-61(59)62)53-27-23-49(24-28-53)51-31-37-57(38-32-51)66-45-20-15-10-8-13-18-43-64/h21-40,46-47,63-64H,3-20,41-45H2,1-2H3. The summed E-state index contributed by atoms with van der Waals surface area (Å²) in [4.78, 5) is 0. The van der Waals surface area contributed by atoms with Gasteiger partial charge in [-0.3, -0.25) is 0 Å². The highest BCUT2D eigenvalue weighted by Gasteiger charge is 2.39. The van der Waals surface area contributed by atoms with Crippen LogP contribution in [0.25, 0.3) is 55.6 Å². The van der Waals surface area contributed by atoms with E-state index in [1.807, 2.05) is 0 Å². The molecule has 6 aromatic rings. The molecule has 0 spiro atoms. The van der Waals surface area contributed by atoms with Crippen molar-refractivity contribution in [2.24, 2.45) is 0 Å². The molecule has 0 atom stereocenters. The van der Waals surface area contributed by atoms with E-state index in [0.717, 1.165) is 69.7 Å². The minimum atomic E-state index is -0.0738. The molecule has 348 valence electrons. The molecule has 2 N–H and O–H groups in total. The van der Waals surface area contributed by atoms with E-state index < -0.39 is 0 Å². The van der Waals surface area contributed by atoms with Crippen molar-refractivity contribution in [2.45, 2.75) is 141 Å². The molecular formula is C62H76O4. The van der Waals surface area contributed by atoms with Gasteiger partial charge < -0.3 is 19.7 Å². The lowest BCUT2D eigenvalue weighted by Crippen LogP contribution is -2.20. The Labute approximate surface area is 397 Å². The van der Waals surface area contributed by atoms with Crippen molar-refractivity contribution in [2.75, 3.05) is 26.4 Å². The second-order valence-electron chi connectivity index (χ2n) is 19.0. The Morgan fingerprint density at radius 3 is 1.03 bits per heavy atom. The largest absolute Gasteiger partial charge is 0.494 e. The maximum atomic E-state index is 8.96. The van der Waals surface area contributed by atoms with Gasteiger partial charge in [-0.15, -0.1) is 0 Å². The monoisotopic (exact) mass is 885 g/mol. The zero-order valence-electron chi connectivity index (χ0n) is 40.2. The van der Waals surface area contributed by atoms with Gasteiger partial charge in [0, 0.05) is 18.6 Å². The van der Waals surface area contributed by atoms with Crippen molar-refractivity contribution in [3.8, 4) is 67.1 Å². The summed E-state index contributed by atoms with van der Waals surface area (Å²) in [7, 11) is 0. The van der Waals surface area contributed by atoms with Crippen LogP contribution in [-0.2, 0) is 5.41 Å². The van der Waals surface area contributed by atoms with Crippen molar-refractivity contribution >= 4 is 0 Å². The van der Waals surface area contributed by atoms with E-state index in [0.29, 0.717) is 13.2 Å². The number of hydrogen-bond donors (Lipinski definition) is 2. The van der Waals surface area contributed by atoms with Crippen molar-refractivity contribution in [3.63, 3.8) is 0 Å². The normalized spacial score (nSPS) is 12.5. The third-order valence-electron chi connectivity index (χ3n) is 14.0. The van der Waals surface area contributed by atoms with Crippen molar-refractivity contribution in [1.29, 1.82) is 0 Å². The smallest absolute Gasteiger partial charge is 0.119 e. The number of hydrogen-bond acceptors (Lipinski definition) is 4. The summed E-state index contributed by atoms with van der Waals surface area (Å²) in [6, 6.07) is 49.6. The lowest BCUT2D eigenvalue weighted by molar-refractivity contribution is 0.280. The topological polar surface area (TPSA) is 58.9 Å². The van der Waals surface area contributed by atoms with Crippen LogP contribution in [0, 0.1) is 0 Å². The summed E-state index contributed by atoms with van der Waals surface area (Å²) in [6.45, 7) is 6.90. The van der Waals surface area contributed by atoms with E-state index in [4.69, 9.17) is 19.7 Å². The van der Waals surface area contributed by atoms with Gasteiger partial charge in [0.25, 0.3) is 0 Å². The highest BCUT2D eigenvalue weighted by Crippen LogP contribution is 2.53. The van der Waals surface area contributed by atoms with Crippen molar-refractivity contribution < 1.29 is 19.7 Å². The average molecular weight is 885 g/mol. The van der Waals surface area contributed by atoms with E-state index >= 15 is 0 Å². The van der Waals surface area contributed by atoms with E-state index in [1.165, 1.54) is 144 Å². The van der Waals surface area contributed by atoms with Gasteiger partial charge in [0.05, 0.1) is 13.2 Å². The summed E-state index contributed by atoms with van der Waals surface area (Å²) in [5, 5.41) is 17.9. The second kappa shape index (κ2) is 25.7. The fraction of sp³-hybridized carbons (Fsp3) is 0.419. The Hall–Kier alpha value is -5.16. The zero-order valence-corrected chi connectivity index (χ0v) is 40.2. The molecule has 0 bridgehead atoms. The molecule has 0 amide bonds. The van der Waals surface area contributed by atoms with E-state index in [2.05, 4.69) is 147 Å². The molecule has 4 heteroatoms. The molecule has 0 aromatic heterocycles. The molecule has 1 aliphatic carbocycles. The third kappa shape index (κ3) is 13.3. The molecule has 0 aliphatic heterocycles. The summed E-state index contributed by atoms with van der Waals surface area (Å²) < 4.78 is 12.1. The first kappa shape index (κ1) is 48.8. The number of ether oxygens (including phenoxy) is 2. The minimum Gasteiger partial charge on any atom is -0.494 e. The Morgan fingerprint density at radius 2 is 0.652 bits per heavy atom. The highest BCUT2D eigenvalue weighted by atomic mass is 16.5. The van der Waals surface area contributed by atoms with Gasteiger partial charge >= 0.3 is 0 Å². The Morgan fingerprint density at radius 1 is 0.348 bits per heavy atom. The molecule has 4 nitrogen and oxygen atoms in total. The van der Waals surface area contributed by atoms with Gasteiger partial charge in [-0.1, -0.05) is 201 Å². The van der Waals surface area contributed by atoms with Crippen LogP contribution < -0.4 is 9.47 Å². The predicted octanol–water partition coefficient (Wildman–Crippen LogP) is 16.8. The van der Waals surface area contributed by atoms with Crippen LogP contribution in [0.3, 0.4) is 0 Å². The number of unbranched alkanes of at least 4 members (excludes halogenated alkanes) is 15. The average Bonchev–Trinajstić information content (AvgIpc) is 3.61. The summed E-state index contributed by atoms with van der Waals surface area (Å²) in [6.07, 6.45) is 22.2. The SMILES string of the molecule is CCCCCCCCC1(C)c2cc(-c3ccc(-c4ccc(OCCCCCCCCO)cc4)cc3)ccc2-c2ccc(-c3ccc(-c4ccc(OCCCCCCCCO)cc4)cc3)cc21. The highest BCUT2D eigenvalue weighted by molar-refractivity contribution is 5.86. The minimum absolute atomic E-state index is 0.0738. The molecule has 0 radical (unpaired) electrons. The van der Waals surface area contributed by atoms with Gasteiger partial charge in [0.15, 0.2) is 0 Å². The third-order valence-corrected chi connectivity index (χ3v) is 14.0.